The van der Waals surface area contributed by atoms with Crippen LogP contribution < -0.4 is 10.0 Å². The van der Waals surface area contributed by atoms with E-state index in [9.17, 15) is 8.42 Å². The van der Waals surface area contributed by atoms with Gasteiger partial charge in [-0.25, -0.2) is 8.42 Å². The Morgan fingerprint density at radius 1 is 1.10 bits per heavy atom. The van der Waals surface area contributed by atoms with Gasteiger partial charge >= 0.3 is 0 Å². The van der Waals surface area contributed by atoms with Crippen molar-refractivity contribution < 1.29 is 8.42 Å². The minimum Gasteiger partial charge on any atom is -0.398 e. The number of sulfonamides is 1. The van der Waals surface area contributed by atoms with Crippen molar-refractivity contribution in [2.24, 2.45) is 0 Å². The monoisotopic (exact) mass is 354 g/mol. The average molecular weight is 355 g/mol. The first-order valence-electron chi connectivity index (χ1n) is 5.93. The standard InChI is InChI=1S/C14H15BrN2O2S/c1-10-3-6-12(7-4-10)17(2)20(18,19)14-9-11(15)5-8-13(14)16/h3-9H,16H2,1-2H3. The highest BCUT2D eigenvalue weighted by Gasteiger charge is 2.23. The van der Waals surface area contributed by atoms with Gasteiger partial charge in [0.25, 0.3) is 10.0 Å². The number of nitrogens with two attached hydrogens (primary N) is 1. The SMILES string of the molecule is Cc1ccc(N(C)S(=O)(=O)c2cc(Br)ccc2N)cc1. The van der Waals surface area contributed by atoms with Crippen LogP contribution >= 0.6 is 15.9 Å². The molecule has 2 rings (SSSR count). The summed E-state index contributed by atoms with van der Waals surface area (Å²) in [7, 11) is -2.17. The Balaban J connectivity index is 2.49. The van der Waals surface area contributed by atoms with Crippen LogP contribution in [0.5, 0.6) is 0 Å². The van der Waals surface area contributed by atoms with E-state index in [-0.39, 0.29) is 10.6 Å². The Labute approximate surface area is 127 Å². The molecule has 106 valence electrons. The van der Waals surface area contributed by atoms with E-state index < -0.39 is 10.0 Å². The lowest BCUT2D eigenvalue weighted by molar-refractivity contribution is 0.594. The number of benzene rings is 2. The van der Waals surface area contributed by atoms with E-state index in [1.54, 1.807) is 24.3 Å². The number of hydrogen-bond acceptors (Lipinski definition) is 3. The average Bonchev–Trinajstić information content (AvgIpc) is 2.41. The summed E-state index contributed by atoms with van der Waals surface area (Å²) in [5.74, 6) is 0. The van der Waals surface area contributed by atoms with Gasteiger partial charge in [-0.1, -0.05) is 33.6 Å². The Kier molecular flexibility index (Phi) is 4.06. The van der Waals surface area contributed by atoms with Crippen LogP contribution in [0.2, 0.25) is 0 Å². The number of anilines is 2. The van der Waals surface area contributed by atoms with Crippen molar-refractivity contribution >= 4 is 37.3 Å². The summed E-state index contributed by atoms with van der Waals surface area (Å²) in [6.07, 6.45) is 0. The topological polar surface area (TPSA) is 63.4 Å². The lowest BCUT2D eigenvalue weighted by Gasteiger charge is -2.20. The maximum absolute atomic E-state index is 12.6. The normalized spacial score (nSPS) is 11.3. The van der Waals surface area contributed by atoms with Gasteiger partial charge in [0.2, 0.25) is 0 Å². The number of halogens is 1. The molecular formula is C14H15BrN2O2S. The first-order valence-corrected chi connectivity index (χ1v) is 8.16. The maximum atomic E-state index is 12.6. The summed E-state index contributed by atoms with van der Waals surface area (Å²) < 4.78 is 27.1. The summed E-state index contributed by atoms with van der Waals surface area (Å²) in [5.41, 5.74) is 7.68. The molecule has 0 spiro atoms. The zero-order chi connectivity index (χ0) is 14.9. The van der Waals surface area contributed by atoms with Gasteiger partial charge in [0.1, 0.15) is 4.90 Å². The van der Waals surface area contributed by atoms with Crippen molar-refractivity contribution in [2.45, 2.75) is 11.8 Å². The highest BCUT2D eigenvalue weighted by molar-refractivity contribution is 9.10. The summed E-state index contributed by atoms with van der Waals surface area (Å²) in [6, 6.07) is 12.1. The molecule has 6 heteroatoms. The molecule has 0 aliphatic heterocycles. The largest absolute Gasteiger partial charge is 0.398 e. The first kappa shape index (κ1) is 14.9. The lowest BCUT2D eigenvalue weighted by Crippen LogP contribution is -2.27. The van der Waals surface area contributed by atoms with Crippen LogP contribution in [0.3, 0.4) is 0 Å². The van der Waals surface area contributed by atoms with Crippen molar-refractivity contribution in [1.29, 1.82) is 0 Å². The van der Waals surface area contributed by atoms with Crippen molar-refractivity contribution in [2.75, 3.05) is 17.1 Å². The molecule has 0 bridgehead atoms. The molecule has 2 N–H and O–H groups in total. The zero-order valence-electron chi connectivity index (χ0n) is 11.2. The number of aryl methyl sites for hydroxylation is 1. The van der Waals surface area contributed by atoms with Crippen molar-refractivity contribution in [1.82, 2.24) is 0 Å². The van der Waals surface area contributed by atoms with Gasteiger partial charge in [0, 0.05) is 11.5 Å². The molecule has 20 heavy (non-hydrogen) atoms. The molecule has 0 unspecified atom stereocenters. The molecule has 0 atom stereocenters. The molecule has 0 fully saturated rings. The quantitative estimate of drug-likeness (QED) is 0.861. The van der Waals surface area contributed by atoms with Crippen LogP contribution in [-0.2, 0) is 10.0 Å². The second-order valence-corrected chi connectivity index (χ2v) is 7.34. The molecule has 0 radical (unpaired) electrons. The van der Waals surface area contributed by atoms with Gasteiger partial charge in [0.05, 0.1) is 11.4 Å². The number of nitrogens with zero attached hydrogens (tertiary/aromatic N) is 1. The molecule has 0 saturated carbocycles. The minimum atomic E-state index is -3.68. The van der Waals surface area contributed by atoms with Crippen LogP contribution in [0.4, 0.5) is 11.4 Å². The molecule has 0 aliphatic carbocycles. The van der Waals surface area contributed by atoms with E-state index in [4.69, 9.17) is 5.73 Å². The third-order valence-corrected chi connectivity index (χ3v) is 5.35. The third-order valence-electron chi connectivity index (χ3n) is 3.01. The van der Waals surface area contributed by atoms with Gasteiger partial charge in [-0.05, 0) is 37.3 Å². The van der Waals surface area contributed by atoms with Crippen LogP contribution in [0, 0.1) is 6.92 Å². The lowest BCUT2D eigenvalue weighted by atomic mass is 10.2. The summed E-state index contributed by atoms with van der Waals surface area (Å²) >= 11 is 3.27. The predicted molar refractivity (Wildman–Crippen MR) is 85.3 cm³/mol. The highest BCUT2D eigenvalue weighted by Crippen LogP contribution is 2.28. The summed E-state index contributed by atoms with van der Waals surface area (Å²) in [5, 5.41) is 0. The predicted octanol–water partition coefficient (Wildman–Crippen LogP) is 3.16. The number of nitrogen functional groups attached to an aromatic ring is 1. The highest BCUT2D eigenvalue weighted by atomic mass is 79.9. The molecule has 0 amide bonds. The number of rotatable bonds is 3. The van der Waals surface area contributed by atoms with E-state index in [0.717, 1.165) is 5.56 Å². The fourth-order valence-electron chi connectivity index (χ4n) is 1.77. The second kappa shape index (κ2) is 5.46. The summed E-state index contributed by atoms with van der Waals surface area (Å²) in [4.78, 5) is 0.0925. The second-order valence-electron chi connectivity index (χ2n) is 4.49. The van der Waals surface area contributed by atoms with Gasteiger partial charge in [-0.15, -0.1) is 0 Å². The Hall–Kier alpha value is -1.53. The smallest absolute Gasteiger partial charge is 0.266 e. The first-order chi connectivity index (χ1) is 9.32. The molecule has 0 aromatic heterocycles. The van der Waals surface area contributed by atoms with Crippen LogP contribution in [0.25, 0.3) is 0 Å². The number of hydrogen-bond donors (Lipinski definition) is 1. The summed E-state index contributed by atoms with van der Waals surface area (Å²) in [6.45, 7) is 1.95. The maximum Gasteiger partial charge on any atom is 0.266 e. The van der Waals surface area contributed by atoms with Gasteiger partial charge in [0.15, 0.2) is 0 Å². The van der Waals surface area contributed by atoms with E-state index >= 15 is 0 Å². The fraction of sp³-hybridized carbons (Fsp3) is 0.143. The third kappa shape index (κ3) is 2.81. The van der Waals surface area contributed by atoms with E-state index in [2.05, 4.69) is 15.9 Å². The molecule has 2 aromatic rings. The van der Waals surface area contributed by atoms with Crippen LogP contribution in [0.1, 0.15) is 5.56 Å². The molecule has 0 saturated heterocycles. The van der Waals surface area contributed by atoms with Crippen molar-refractivity contribution in [3.8, 4) is 0 Å². The van der Waals surface area contributed by atoms with Crippen molar-refractivity contribution in [3.63, 3.8) is 0 Å². The van der Waals surface area contributed by atoms with Gasteiger partial charge in [-0.3, -0.25) is 4.31 Å². The molecule has 0 heterocycles. The van der Waals surface area contributed by atoms with E-state index in [0.29, 0.717) is 10.2 Å². The van der Waals surface area contributed by atoms with E-state index in [1.807, 2.05) is 19.1 Å². The fourth-order valence-corrected chi connectivity index (χ4v) is 3.62. The molecule has 0 aliphatic rings. The van der Waals surface area contributed by atoms with Gasteiger partial charge < -0.3 is 5.73 Å². The van der Waals surface area contributed by atoms with Crippen LogP contribution in [-0.4, -0.2) is 15.5 Å². The van der Waals surface area contributed by atoms with Crippen molar-refractivity contribution in [3.05, 3.63) is 52.5 Å². The van der Waals surface area contributed by atoms with E-state index in [1.165, 1.54) is 17.4 Å². The Bertz CT molecular complexity index is 727. The van der Waals surface area contributed by atoms with Crippen LogP contribution in [0.15, 0.2) is 51.8 Å². The Morgan fingerprint density at radius 2 is 1.70 bits per heavy atom. The van der Waals surface area contributed by atoms with Gasteiger partial charge in [-0.2, -0.15) is 0 Å². The Morgan fingerprint density at radius 3 is 2.30 bits per heavy atom. The minimum absolute atomic E-state index is 0.0925. The zero-order valence-corrected chi connectivity index (χ0v) is 13.6. The molecule has 4 nitrogen and oxygen atoms in total. The molecular weight excluding hydrogens is 340 g/mol. The molecule has 2 aromatic carbocycles.